The van der Waals surface area contributed by atoms with Crippen LogP contribution in [0.1, 0.15) is 41.0 Å². The third-order valence-electron chi connectivity index (χ3n) is 2.46. The molecule has 0 aromatic rings. The summed E-state index contributed by atoms with van der Waals surface area (Å²) in [6.45, 7) is 12.8. The lowest BCUT2D eigenvalue weighted by atomic mass is 9.86. The van der Waals surface area contributed by atoms with Crippen molar-refractivity contribution in [2.24, 2.45) is 5.41 Å². The third kappa shape index (κ3) is 7.49. The lowest BCUT2D eigenvalue weighted by Gasteiger charge is -2.27. The second-order valence-corrected chi connectivity index (χ2v) is 6.12. The molecule has 5 heteroatoms. The molecule has 0 aliphatic carbocycles. The zero-order chi connectivity index (χ0) is 15.3. The average molecular weight is 271 g/mol. The van der Waals surface area contributed by atoms with Crippen molar-refractivity contribution < 1.29 is 19.1 Å². The minimum atomic E-state index is -0.757. The molecule has 0 aromatic heterocycles. The Morgan fingerprint density at radius 1 is 1.26 bits per heavy atom. The van der Waals surface area contributed by atoms with Crippen LogP contribution in [0.5, 0.6) is 0 Å². The molecular weight excluding hydrogens is 246 g/mol. The maximum atomic E-state index is 11.7. The normalized spacial score (nSPS) is 13.4. The molecule has 0 spiro atoms. The van der Waals surface area contributed by atoms with Crippen molar-refractivity contribution in [3.8, 4) is 0 Å². The Morgan fingerprint density at radius 2 is 1.79 bits per heavy atom. The molecule has 0 saturated heterocycles. The fraction of sp³-hybridized carbons (Fsp3) is 0.714. The standard InChI is InChI=1S/C14H25NO4/c1-8-14(5,6)9-10(11(16)18-7)15-12(17)19-13(2,3)4/h8,10H,1,9H2,2-7H3,(H,15,17)/t10-/m0/s1. The molecule has 0 heterocycles. The van der Waals surface area contributed by atoms with Crippen molar-refractivity contribution in [1.29, 1.82) is 0 Å². The van der Waals surface area contributed by atoms with Crippen molar-refractivity contribution in [2.45, 2.75) is 52.7 Å². The van der Waals surface area contributed by atoms with Gasteiger partial charge >= 0.3 is 12.1 Å². The van der Waals surface area contributed by atoms with Gasteiger partial charge in [-0.3, -0.25) is 0 Å². The first-order chi connectivity index (χ1) is 8.50. The summed E-state index contributed by atoms with van der Waals surface area (Å²) < 4.78 is 9.82. The van der Waals surface area contributed by atoms with E-state index in [-0.39, 0.29) is 5.41 Å². The molecule has 1 amide bonds. The summed E-state index contributed by atoms with van der Waals surface area (Å²) in [5.41, 5.74) is -0.910. The van der Waals surface area contributed by atoms with E-state index in [1.54, 1.807) is 26.8 Å². The summed E-state index contributed by atoms with van der Waals surface area (Å²) in [5, 5.41) is 2.53. The van der Waals surface area contributed by atoms with Gasteiger partial charge in [-0.15, -0.1) is 6.58 Å². The van der Waals surface area contributed by atoms with Crippen molar-refractivity contribution in [3.63, 3.8) is 0 Å². The van der Waals surface area contributed by atoms with E-state index in [9.17, 15) is 9.59 Å². The molecule has 0 fully saturated rings. The predicted molar refractivity (Wildman–Crippen MR) is 73.8 cm³/mol. The Hall–Kier alpha value is -1.52. The van der Waals surface area contributed by atoms with Gasteiger partial charge in [-0.05, 0) is 32.6 Å². The fourth-order valence-electron chi connectivity index (χ4n) is 1.39. The number of alkyl carbamates (subject to hydrolysis) is 1. The number of allylic oxidation sites excluding steroid dienone is 1. The Morgan fingerprint density at radius 3 is 2.16 bits per heavy atom. The number of esters is 1. The van der Waals surface area contributed by atoms with Crippen LogP contribution in [-0.4, -0.2) is 30.8 Å². The maximum Gasteiger partial charge on any atom is 0.408 e. The molecule has 0 radical (unpaired) electrons. The molecule has 0 aliphatic rings. The quantitative estimate of drug-likeness (QED) is 0.616. The minimum absolute atomic E-state index is 0.298. The first-order valence-electron chi connectivity index (χ1n) is 6.21. The van der Waals surface area contributed by atoms with Gasteiger partial charge in [0.05, 0.1) is 7.11 Å². The Bertz CT molecular complexity index is 342. The first kappa shape index (κ1) is 17.5. The molecule has 5 nitrogen and oxygen atoms in total. The Labute approximate surface area is 115 Å². The topological polar surface area (TPSA) is 64.6 Å². The van der Waals surface area contributed by atoms with Crippen LogP contribution in [0.15, 0.2) is 12.7 Å². The number of hydrogen-bond acceptors (Lipinski definition) is 4. The summed E-state index contributed by atoms with van der Waals surface area (Å²) in [5.74, 6) is -0.499. The molecular formula is C14H25NO4. The summed E-state index contributed by atoms with van der Waals surface area (Å²) in [4.78, 5) is 23.4. The number of amides is 1. The highest BCUT2D eigenvalue weighted by Crippen LogP contribution is 2.24. The molecule has 1 N–H and O–H groups in total. The van der Waals surface area contributed by atoms with Crippen molar-refractivity contribution in [1.82, 2.24) is 5.32 Å². The van der Waals surface area contributed by atoms with Gasteiger partial charge in [-0.25, -0.2) is 9.59 Å². The highest BCUT2D eigenvalue weighted by molar-refractivity contribution is 5.81. The van der Waals surface area contributed by atoms with Crippen LogP contribution < -0.4 is 5.32 Å². The molecule has 0 aliphatic heterocycles. The maximum absolute atomic E-state index is 11.7. The van der Waals surface area contributed by atoms with Gasteiger partial charge in [0.25, 0.3) is 0 Å². The fourth-order valence-corrected chi connectivity index (χ4v) is 1.39. The molecule has 0 unspecified atom stereocenters. The highest BCUT2D eigenvalue weighted by atomic mass is 16.6. The highest BCUT2D eigenvalue weighted by Gasteiger charge is 2.29. The molecule has 0 aromatic carbocycles. The van der Waals surface area contributed by atoms with Crippen molar-refractivity contribution in [3.05, 3.63) is 12.7 Å². The van der Waals surface area contributed by atoms with Crippen molar-refractivity contribution in [2.75, 3.05) is 7.11 Å². The second-order valence-electron chi connectivity index (χ2n) is 6.12. The van der Waals surface area contributed by atoms with Crippen molar-refractivity contribution >= 4 is 12.1 Å². The van der Waals surface area contributed by atoms with Gasteiger partial charge in [-0.1, -0.05) is 19.9 Å². The monoisotopic (exact) mass is 271 g/mol. The number of rotatable bonds is 5. The smallest absolute Gasteiger partial charge is 0.408 e. The van der Waals surface area contributed by atoms with E-state index in [2.05, 4.69) is 11.9 Å². The number of carbonyl (C=O) groups excluding carboxylic acids is 2. The molecule has 19 heavy (non-hydrogen) atoms. The number of carbonyl (C=O) groups is 2. The van der Waals surface area contributed by atoms with E-state index in [0.717, 1.165) is 0 Å². The number of ether oxygens (including phenoxy) is 2. The van der Waals surface area contributed by atoms with Gasteiger partial charge < -0.3 is 14.8 Å². The van der Waals surface area contributed by atoms with Gasteiger partial charge in [-0.2, -0.15) is 0 Å². The van der Waals surface area contributed by atoms with E-state index in [4.69, 9.17) is 9.47 Å². The van der Waals surface area contributed by atoms with E-state index < -0.39 is 23.7 Å². The summed E-state index contributed by atoms with van der Waals surface area (Å²) in [6.07, 6.45) is 1.49. The number of hydrogen-bond donors (Lipinski definition) is 1. The molecule has 110 valence electrons. The summed E-state index contributed by atoms with van der Waals surface area (Å²) in [6, 6.07) is -0.757. The zero-order valence-corrected chi connectivity index (χ0v) is 12.7. The van der Waals surface area contributed by atoms with Gasteiger partial charge in [0.1, 0.15) is 11.6 Å². The lowest BCUT2D eigenvalue weighted by molar-refractivity contribution is -0.143. The van der Waals surface area contributed by atoms with Crippen LogP contribution in [0.4, 0.5) is 4.79 Å². The van der Waals surface area contributed by atoms with E-state index in [0.29, 0.717) is 6.42 Å². The largest absolute Gasteiger partial charge is 0.467 e. The Kier molecular flexibility index (Phi) is 6.06. The Balaban J connectivity index is 4.75. The SMILES string of the molecule is C=CC(C)(C)C[C@H](NC(=O)OC(C)(C)C)C(=O)OC. The third-order valence-corrected chi connectivity index (χ3v) is 2.46. The zero-order valence-electron chi connectivity index (χ0n) is 12.7. The van der Waals surface area contributed by atoms with Crippen LogP contribution in [0.2, 0.25) is 0 Å². The lowest BCUT2D eigenvalue weighted by Crippen LogP contribution is -2.45. The van der Waals surface area contributed by atoms with E-state index in [1.165, 1.54) is 7.11 Å². The predicted octanol–water partition coefficient (Wildman–Crippen LogP) is 2.66. The number of nitrogens with one attached hydrogen (secondary N) is 1. The van der Waals surface area contributed by atoms with E-state index in [1.807, 2.05) is 13.8 Å². The number of methoxy groups -OCH3 is 1. The minimum Gasteiger partial charge on any atom is -0.467 e. The molecule has 0 rings (SSSR count). The molecule has 0 saturated carbocycles. The first-order valence-corrected chi connectivity index (χ1v) is 6.21. The molecule has 1 atom stereocenters. The van der Waals surface area contributed by atoms with Crippen LogP contribution in [0, 0.1) is 5.41 Å². The summed E-state index contributed by atoms with van der Waals surface area (Å²) in [7, 11) is 1.28. The van der Waals surface area contributed by atoms with Gasteiger partial charge in [0.15, 0.2) is 0 Å². The van der Waals surface area contributed by atoms with Gasteiger partial charge in [0.2, 0.25) is 0 Å². The van der Waals surface area contributed by atoms with Crippen LogP contribution in [0.25, 0.3) is 0 Å². The van der Waals surface area contributed by atoms with E-state index >= 15 is 0 Å². The van der Waals surface area contributed by atoms with Gasteiger partial charge in [0, 0.05) is 0 Å². The second kappa shape index (κ2) is 6.59. The van der Waals surface area contributed by atoms with Crippen LogP contribution >= 0.6 is 0 Å². The van der Waals surface area contributed by atoms with Crippen LogP contribution in [-0.2, 0) is 14.3 Å². The summed E-state index contributed by atoms with van der Waals surface area (Å²) >= 11 is 0. The molecule has 0 bridgehead atoms. The van der Waals surface area contributed by atoms with Crippen LogP contribution in [0.3, 0.4) is 0 Å². The average Bonchev–Trinajstić information content (AvgIpc) is 2.24.